The third kappa shape index (κ3) is 2.14. The van der Waals surface area contributed by atoms with E-state index in [1.54, 1.807) is 4.90 Å². The van der Waals surface area contributed by atoms with Crippen LogP contribution in [0.3, 0.4) is 0 Å². The Bertz CT molecular complexity index is 243. The van der Waals surface area contributed by atoms with Crippen molar-refractivity contribution in [3.05, 3.63) is 0 Å². The molecule has 2 aliphatic heterocycles. The number of aliphatic hydroxyl groups is 1. The number of amides is 1. The minimum absolute atomic E-state index is 0.109. The Morgan fingerprint density at radius 1 is 1.53 bits per heavy atom. The molecule has 2 saturated heterocycles. The number of carbonyl (C=O) groups excluding carboxylic acids is 1. The third-order valence-electron chi connectivity index (χ3n) is 3.06. The van der Waals surface area contributed by atoms with Crippen molar-refractivity contribution in [3.8, 4) is 0 Å². The Balaban J connectivity index is 1.87. The van der Waals surface area contributed by atoms with E-state index < -0.39 is 6.10 Å². The van der Waals surface area contributed by atoms with Crippen molar-refractivity contribution in [2.24, 2.45) is 5.92 Å². The zero-order valence-corrected chi connectivity index (χ0v) is 8.98. The van der Waals surface area contributed by atoms with Gasteiger partial charge in [0.05, 0.1) is 12.0 Å². The summed E-state index contributed by atoms with van der Waals surface area (Å²) < 4.78 is 5.37. The number of hydrogen-bond donors (Lipinski definition) is 2. The predicted molar refractivity (Wildman–Crippen MR) is 54.4 cm³/mol. The summed E-state index contributed by atoms with van der Waals surface area (Å²) in [6, 6.07) is 0. The van der Waals surface area contributed by atoms with Gasteiger partial charge >= 0.3 is 0 Å². The molecule has 86 valence electrons. The van der Waals surface area contributed by atoms with Crippen LogP contribution in [0, 0.1) is 5.92 Å². The van der Waals surface area contributed by atoms with Crippen LogP contribution >= 0.6 is 0 Å². The summed E-state index contributed by atoms with van der Waals surface area (Å²) in [7, 11) is 0. The summed E-state index contributed by atoms with van der Waals surface area (Å²) in [4.78, 5) is 13.6. The number of β-amino-alcohol motifs (C(OH)–C–C–N with tert-alkyl or cyclic N) is 1. The highest BCUT2D eigenvalue weighted by Crippen LogP contribution is 2.17. The van der Waals surface area contributed by atoms with Gasteiger partial charge in [-0.3, -0.25) is 4.79 Å². The van der Waals surface area contributed by atoms with E-state index in [0.29, 0.717) is 19.7 Å². The van der Waals surface area contributed by atoms with Gasteiger partial charge in [-0.25, -0.2) is 0 Å². The van der Waals surface area contributed by atoms with Gasteiger partial charge in [-0.1, -0.05) is 0 Å². The lowest BCUT2D eigenvalue weighted by Crippen LogP contribution is -2.51. The smallest absolute Gasteiger partial charge is 0.228 e. The molecule has 0 bridgehead atoms. The highest BCUT2D eigenvalue weighted by Gasteiger charge is 2.38. The molecule has 0 saturated carbocycles. The van der Waals surface area contributed by atoms with E-state index in [9.17, 15) is 9.90 Å². The molecule has 0 aliphatic carbocycles. The number of rotatable bonds is 3. The largest absolute Gasteiger partial charge is 0.388 e. The highest BCUT2D eigenvalue weighted by atomic mass is 16.5. The maximum Gasteiger partial charge on any atom is 0.228 e. The van der Waals surface area contributed by atoms with E-state index in [4.69, 9.17) is 4.74 Å². The summed E-state index contributed by atoms with van der Waals surface area (Å²) in [6.07, 6.45) is -0.728. The zero-order valence-electron chi connectivity index (χ0n) is 8.98. The van der Waals surface area contributed by atoms with E-state index >= 15 is 0 Å². The van der Waals surface area contributed by atoms with Gasteiger partial charge in [0.25, 0.3) is 0 Å². The van der Waals surface area contributed by atoms with Gasteiger partial charge in [-0.15, -0.1) is 0 Å². The number of likely N-dealkylation sites (tertiary alicyclic amines) is 1. The summed E-state index contributed by atoms with van der Waals surface area (Å²) in [5.41, 5.74) is 0. The van der Waals surface area contributed by atoms with E-state index in [-0.39, 0.29) is 17.9 Å². The molecule has 5 nitrogen and oxygen atoms in total. The SMILES string of the molecule is CCO[C@H]1CN(C(=O)C2CNC2)C[C@H]1O. The van der Waals surface area contributed by atoms with Gasteiger partial charge in [0.15, 0.2) is 0 Å². The average molecular weight is 214 g/mol. The Morgan fingerprint density at radius 3 is 2.80 bits per heavy atom. The normalized spacial score (nSPS) is 31.7. The molecular formula is C10H18N2O3. The molecule has 5 heteroatoms. The number of aliphatic hydroxyl groups excluding tert-OH is 1. The van der Waals surface area contributed by atoms with Gasteiger partial charge in [-0.05, 0) is 6.92 Å². The molecule has 2 atom stereocenters. The topological polar surface area (TPSA) is 61.8 Å². The van der Waals surface area contributed by atoms with Gasteiger partial charge in [0.1, 0.15) is 6.10 Å². The third-order valence-corrected chi connectivity index (χ3v) is 3.06. The number of carbonyl (C=O) groups is 1. The van der Waals surface area contributed by atoms with Gasteiger partial charge in [-0.2, -0.15) is 0 Å². The van der Waals surface area contributed by atoms with Crippen molar-refractivity contribution in [1.29, 1.82) is 0 Å². The molecule has 2 heterocycles. The van der Waals surface area contributed by atoms with Crippen molar-refractivity contribution in [2.75, 3.05) is 32.8 Å². The Hall–Kier alpha value is -0.650. The first-order chi connectivity index (χ1) is 7.22. The van der Waals surface area contributed by atoms with Crippen molar-refractivity contribution in [1.82, 2.24) is 10.2 Å². The van der Waals surface area contributed by atoms with Gasteiger partial charge in [0, 0.05) is 32.8 Å². The maximum absolute atomic E-state index is 11.8. The van der Waals surface area contributed by atoms with Crippen molar-refractivity contribution in [2.45, 2.75) is 19.1 Å². The van der Waals surface area contributed by atoms with Crippen molar-refractivity contribution in [3.63, 3.8) is 0 Å². The van der Waals surface area contributed by atoms with Crippen LogP contribution < -0.4 is 5.32 Å². The standard InChI is InChI=1S/C10H18N2O3/c1-2-15-9-6-12(5-8(9)13)10(14)7-3-11-4-7/h7-9,11,13H,2-6H2,1H3/t8-,9+/m1/s1. The lowest BCUT2D eigenvalue weighted by molar-refractivity contribution is -0.136. The molecule has 0 aromatic heterocycles. The molecule has 1 amide bonds. The number of nitrogens with one attached hydrogen (secondary N) is 1. The lowest BCUT2D eigenvalue weighted by Gasteiger charge is -2.30. The molecule has 2 rings (SSSR count). The molecule has 15 heavy (non-hydrogen) atoms. The fraction of sp³-hybridized carbons (Fsp3) is 0.900. The van der Waals surface area contributed by atoms with Crippen molar-refractivity contribution < 1.29 is 14.6 Å². The first-order valence-corrected chi connectivity index (χ1v) is 5.51. The van der Waals surface area contributed by atoms with E-state index in [1.807, 2.05) is 6.92 Å². The number of nitrogens with zero attached hydrogens (tertiary/aromatic N) is 1. The minimum atomic E-state index is -0.526. The fourth-order valence-corrected chi connectivity index (χ4v) is 2.04. The number of hydrogen-bond acceptors (Lipinski definition) is 4. The molecular weight excluding hydrogens is 196 g/mol. The van der Waals surface area contributed by atoms with E-state index in [1.165, 1.54) is 0 Å². The van der Waals surface area contributed by atoms with Crippen LogP contribution in [0.4, 0.5) is 0 Å². The quantitative estimate of drug-likeness (QED) is 0.620. The monoisotopic (exact) mass is 214 g/mol. The summed E-state index contributed by atoms with van der Waals surface area (Å²) in [5.74, 6) is 0.257. The van der Waals surface area contributed by atoms with Crippen LogP contribution in [0.15, 0.2) is 0 Å². The van der Waals surface area contributed by atoms with E-state index in [0.717, 1.165) is 13.1 Å². The van der Waals surface area contributed by atoms with Crippen LogP contribution in [-0.4, -0.2) is 60.9 Å². The van der Waals surface area contributed by atoms with E-state index in [2.05, 4.69) is 5.32 Å². The van der Waals surface area contributed by atoms with Crippen LogP contribution in [0.2, 0.25) is 0 Å². The Labute approximate surface area is 89.4 Å². The van der Waals surface area contributed by atoms with Crippen LogP contribution in [0.5, 0.6) is 0 Å². The van der Waals surface area contributed by atoms with Crippen LogP contribution in [0.25, 0.3) is 0 Å². The molecule has 2 aliphatic rings. The molecule has 0 spiro atoms. The minimum Gasteiger partial charge on any atom is -0.388 e. The summed E-state index contributed by atoms with van der Waals surface area (Å²) in [5, 5.41) is 12.7. The lowest BCUT2D eigenvalue weighted by atomic mass is 10.0. The second kappa shape index (κ2) is 4.47. The molecule has 2 N–H and O–H groups in total. The predicted octanol–water partition coefficient (Wildman–Crippen LogP) is -1.19. The second-order valence-corrected chi connectivity index (χ2v) is 4.16. The van der Waals surface area contributed by atoms with Crippen molar-refractivity contribution >= 4 is 5.91 Å². The molecule has 0 aromatic carbocycles. The van der Waals surface area contributed by atoms with Gasteiger partial charge in [0.2, 0.25) is 5.91 Å². The maximum atomic E-state index is 11.8. The zero-order chi connectivity index (χ0) is 10.8. The summed E-state index contributed by atoms with van der Waals surface area (Å²) in [6.45, 7) is 4.96. The first-order valence-electron chi connectivity index (χ1n) is 5.51. The fourth-order valence-electron chi connectivity index (χ4n) is 2.04. The van der Waals surface area contributed by atoms with Crippen LogP contribution in [-0.2, 0) is 9.53 Å². The Kier molecular flexibility index (Phi) is 3.23. The number of ether oxygens (including phenoxy) is 1. The highest BCUT2D eigenvalue weighted by molar-refractivity contribution is 5.80. The van der Waals surface area contributed by atoms with Crippen LogP contribution in [0.1, 0.15) is 6.92 Å². The molecule has 0 aromatic rings. The Morgan fingerprint density at radius 2 is 2.27 bits per heavy atom. The molecule has 0 radical (unpaired) electrons. The molecule has 2 fully saturated rings. The first kappa shape index (κ1) is 10.9. The average Bonchev–Trinajstić information content (AvgIpc) is 2.46. The second-order valence-electron chi connectivity index (χ2n) is 4.16. The molecule has 0 unspecified atom stereocenters. The summed E-state index contributed by atoms with van der Waals surface area (Å²) >= 11 is 0. The van der Waals surface area contributed by atoms with Gasteiger partial charge < -0.3 is 20.1 Å².